The van der Waals surface area contributed by atoms with Gasteiger partial charge in [0, 0.05) is 30.1 Å². The summed E-state index contributed by atoms with van der Waals surface area (Å²) in [5, 5.41) is 2.79. The molecule has 1 atom stereocenters. The summed E-state index contributed by atoms with van der Waals surface area (Å²) in [5.41, 5.74) is 1.79. The van der Waals surface area contributed by atoms with E-state index in [4.69, 9.17) is 4.74 Å². The molecule has 0 saturated heterocycles. The van der Waals surface area contributed by atoms with Gasteiger partial charge in [-0.1, -0.05) is 24.3 Å². The fourth-order valence-electron chi connectivity index (χ4n) is 2.96. The Morgan fingerprint density at radius 3 is 2.64 bits per heavy atom. The number of aromatic nitrogens is 1. The maximum atomic E-state index is 14.1. The third-order valence-electron chi connectivity index (χ3n) is 4.76. The number of nitrogens with zero attached hydrogens (tertiary/aromatic N) is 1. The zero-order valence-electron chi connectivity index (χ0n) is 18.0. The number of rotatable bonds is 10. The molecule has 1 unspecified atom stereocenters. The standard InChI is InChI=1S/C24H24FN3O4S/c1-3-12-27-33(30,31)23-14-20(8-11-22(23)25)24(29)28-17(2)19-6-9-21(10-7-19)32-16-18-5-4-13-26-15-18/h3-11,13-15,17,27H,1,12,16H2,2H3,(H,28,29). The Kier molecular flexibility index (Phi) is 7.92. The average Bonchev–Trinajstić information content (AvgIpc) is 2.82. The van der Waals surface area contributed by atoms with Crippen molar-refractivity contribution in [1.82, 2.24) is 15.0 Å². The van der Waals surface area contributed by atoms with Crippen LogP contribution in [0, 0.1) is 5.82 Å². The van der Waals surface area contributed by atoms with Crippen LogP contribution in [-0.4, -0.2) is 25.9 Å². The molecule has 7 nitrogen and oxygen atoms in total. The number of carbonyl (C=O) groups excluding carboxylic acids is 1. The molecule has 9 heteroatoms. The minimum absolute atomic E-state index is 0.0265. The lowest BCUT2D eigenvalue weighted by atomic mass is 10.1. The molecule has 0 saturated carbocycles. The summed E-state index contributed by atoms with van der Waals surface area (Å²) < 4.78 is 46.5. The molecule has 0 spiro atoms. The van der Waals surface area contributed by atoms with E-state index in [1.54, 1.807) is 31.5 Å². The predicted molar refractivity (Wildman–Crippen MR) is 123 cm³/mol. The number of hydrogen-bond acceptors (Lipinski definition) is 5. The minimum atomic E-state index is -4.11. The van der Waals surface area contributed by atoms with Gasteiger partial charge in [-0.3, -0.25) is 9.78 Å². The molecule has 0 aliphatic heterocycles. The molecule has 33 heavy (non-hydrogen) atoms. The third-order valence-corrected chi connectivity index (χ3v) is 6.20. The zero-order chi connectivity index (χ0) is 23.8. The number of sulfonamides is 1. The Morgan fingerprint density at radius 2 is 1.97 bits per heavy atom. The van der Waals surface area contributed by atoms with Crippen LogP contribution >= 0.6 is 0 Å². The van der Waals surface area contributed by atoms with Crippen LogP contribution in [0.3, 0.4) is 0 Å². The maximum Gasteiger partial charge on any atom is 0.251 e. The molecule has 0 aliphatic rings. The molecule has 3 rings (SSSR count). The second-order valence-corrected chi connectivity index (χ2v) is 8.94. The second-order valence-electron chi connectivity index (χ2n) is 7.20. The highest BCUT2D eigenvalue weighted by atomic mass is 32.2. The fraction of sp³-hybridized carbons (Fsp3) is 0.167. The Balaban J connectivity index is 1.65. The molecule has 0 fully saturated rings. The van der Waals surface area contributed by atoms with Crippen molar-refractivity contribution in [3.8, 4) is 5.75 Å². The monoisotopic (exact) mass is 469 g/mol. The third kappa shape index (κ3) is 6.47. The Morgan fingerprint density at radius 1 is 1.21 bits per heavy atom. The van der Waals surface area contributed by atoms with Crippen LogP contribution in [0.15, 0.2) is 84.5 Å². The van der Waals surface area contributed by atoms with E-state index >= 15 is 0 Å². The van der Waals surface area contributed by atoms with Crippen LogP contribution in [0.4, 0.5) is 4.39 Å². The first-order valence-electron chi connectivity index (χ1n) is 10.1. The van der Waals surface area contributed by atoms with E-state index in [1.165, 1.54) is 12.1 Å². The van der Waals surface area contributed by atoms with Crippen LogP contribution in [0.5, 0.6) is 5.75 Å². The van der Waals surface area contributed by atoms with E-state index in [1.807, 2.05) is 24.3 Å². The largest absolute Gasteiger partial charge is 0.489 e. The minimum Gasteiger partial charge on any atom is -0.489 e. The molecule has 1 aromatic heterocycles. The van der Waals surface area contributed by atoms with Gasteiger partial charge in [0.1, 0.15) is 23.1 Å². The number of ether oxygens (including phenoxy) is 1. The van der Waals surface area contributed by atoms with Crippen molar-refractivity contribution in [1.29, 1.82) is 0 Å². The maximum absolute atomic E-state index is 14.1. The van der Waals surface area contributed by atoms with Gasteiger partial charge in [-0.25, -0.2) is 17.5 Å². The SMILES string of the molecule is C=CCNS(=O)(=O)c1cc(C(=O)NC(C)c2ccc(OCc3cccnc3)cc2)ccc1F. The summed E-state index contributed by atoms with van der Waals surface area (Å²) in [7, 11) is -4.11. The fourth-order valence-corrected chi connectivity index (χ4v) is 4.06. The van der Waals surface area contributed by atoms with E-state index in [0.717, 1.165) is 23.3 Å². The highest BCUT2D eigenvalue weighted by molar-refractivity contribution is 7.89. The topological polar surface area (TPSA) is 97.4 Å². The molecule has 3 aromatic rings. The van der Waals surface area contributed by atoms with Crippen molar-refractivity contribution >= 4 is 15.9 Å². The number of benzene rings is 2. The first-order valence-corrected chi connectivity index (χ1v) is 11.6. The molecule has 1 amide bonds. The van der Waals surface area contributed by atoms with E-state index in [9.17, 15) is 17.6 Å². The van der Waals surface area contributed by atoms with Gasteiger partial charge in [-0.2, -0.15) is 0 Å². The first-order chi connectivity index (χ1) is 15.8. The van der Waals surface area contributed by atoms with Gasteiger partial charge in [-0.05, 0) is 48.9 Å². The van der Waals surface area contributed by atoms with Gasteiger partial charge >= 0.3 is 0 Å². The van der Waals surface area contributed by atoms with Crippen molar-refractivity contribution in [3.63, 3.8) is 0 Å². The quantitative estimate of drug-likeness (QED) is 0.441. The summed E-state index contributed by atoms with van der Waals surface area (Å²) in [4.78, 5) is 16.1. The second kappa shape index (κ2) is 10.8. The van der Waals surface area contributed by atoms with Crippen LogP contribution < -0.4 is 14.8 Å². The van der Waals surface area contributed by atoms with Crippen molar-refractivity contribution in [2.75, 3.05) is 6.54 Å². The predicted octanol–water partition coefficient (Wildman–Crippen LogP) is 3.76. The van der Waals surface area contributed by atoms with E-state index < -0.39 is 26.6 Å². The molecule has 1 heterocycles. The smallest absolute Gasteiger partial charge is 0.251 e. The number of hydrogen-bond donors (Lipinski definition) is 2. The molecule has 0 bridgehead atoms. The molecule has 0 radical (unpaired) electrons. The molecule has 2 N–H and O–H groups in total. The summed E-state index contributed by atoms with van der Waals surface area (Å²) in [5.74, 6) is -0.806. The number of nitrogens with one attached hydrogen (secondary N) is 2. The number of pyridine rings is 1. The molecule has 172 valence electrons. The normalized spacial score (nSPS) is 12.1. The lowest BCUT2D eigenvalue weighted by Gasteiger charge is -2.16. The summed E-state index contributed by atoms with van der Waals surface area (Å²) in [6.07, 6.45) is 4.76. The molecule has 0 aliphatic carbocycles. The zero-order valence-corrected chi connectivity index (χ0v) is 18.8. The van der Waals surface area contributed by atoms with Gasteiger partial charge in [0.15, 0.2) is 0 Å². The highest BCUT2D eigenvalue weighted by Crippen LogP contribution is 2.20. The lowest BCUT2D eigenvalue weighted by Crippen LogP contribution is -2.28. The molecular formula is C24H24FN3O4S. The lowest BCUT2D eigenvalue weighted by molar-refractivity contribution is 0.0939. The number of halogens is 1. The van der Waals surface area contributed by atoms with Gasteiger partial charge in [0.25, 0.3) is 5.91 Å². The van der Waals surface area contributed by atoms with Crippen molar-refractivity contribution in [3.05, 3.63) is 102 Å². The van der Waals surface area contributed by atoms with Gasteiger partial charge in [0.05, 0.1) is 6.04 Å². The van der Waals surface area contributed by atoms with Crippen molar-refractivity contribution < 1.29 is 22.3 Å². The summed E-state index contributed by atoms with van der Waals surface area (Å²) >= 11 is 0. The Labute approximate surface area is 192 Å². The highest BCUT2D eigenvalue weighted by Gasteiger charge is 2.21. The van der Waals surface area contributed by atoms with E-state index in [0.29, 0.717) is 12.4 Å². The average molecular weight is 470 g/mol. The van der Waals surface area contributed by atoms with Crippen molar-refractivity contribution in [2.45, 2.75) is 24.5 Å². The van der Waals surface area contributed by atoms with Crippen LogP contribution in [0.2, 0.25) is 0 Å². The van der Waals surface area contributed by atoms with E-state index in [2.05, 4.69) is 21.6 Å². The summed E-state index contributed by atoms with van der Waals surface area (Å²) in [6, 6.07) is 13.8. The van der Waals surface area contributed by atoms with Gasteiger partial charge in [0.2, 0.25) is 10.0 Å². The van der Waals surface area contributed by atoms with Crippen molar-refractivity contribution in [2.24, 2.45) is 0 Å². The van der Waals surface area contributed by atoms with Crippen LogP contribution in [-0.2, 0) is 16.6 Å². The van der Waals surface area contributed by atoms with Crippen LogP contribution in [0.1, 0.15) is 34.5 Å². The Bertz CT molecular complexity index is 1220. The van der Waals surface area contributed by atoms with Crippen LogP contribution in [0.25, 0.3) is 0 Å². The van der Waals surface area contributed by atoms with Gasteiger partial charge < -0.3 is 10.1 Å². The Hall–Kier alpha value is -3.56. The summed E-state index contributed by atoms with van der Waals surface area (Å²) in [6.45, 7) is 5.54. The molecule has 2 aromatic carbocycles. The van der Waals surface area contributed by atoms with Gasteiger partial charge in [-0.15, -0.1) is 6.58 Å². The number of carbonyl (C=O) groups is 1. The number of amides is 1. The van der Waals surface area contributed by atoms with E-state index in [-0.39, 0.29) is 18.2 Å². The molecular weight excluding hydrogens is 445 g/mol. The first kappa shape index (κ1) is 24.1.